The summed E-state index contributed by atoms with van der Waals surface area (Å²) in [5.74, 6) is 0.481. The van der Waals surface area contributed by atoms with Crippen molar-refractivity contribution in [2.45, 2.75) is 11.4 Å². The van der Waals surface area contributed by atoms with Crippen molar-refractivity contribution in [3.8, 4) is 11.4 Å². The van der Waals surface area contributed by atoms with E-state index in [0.717, 1.165) is 14.5 Å². The number of nitrogens with one attached hydrogen (secondary N) is 1. The number of halogens is 1. The summed E-state index contributed by atoms with van der Waals surface area (Å²) in [5.41, 5.74) is 0.728. The van der Waals surface area contributed by atoms with Crippen LogP contribution in [0.25, 0.3) is 11.4 Å². The molecule has 0 aliphatic heterocycles. The molecule has 0 radical (unpaired) electrons. The maximum atomic E-state index is 13.2. The molecule has 0 atom stereocenters. The molecule has 2 heterocycles. The van der Waals surface area contributed by atoms with Gasteiger partial charge in [0, 0.05) is 15.5 Å². The molecule has 0 unspecified atom stereocenters. The molecule has 0 aliphatic rings. The molecule has 4 aromatic rings. The minimum atomic E-state index is -3.94. The van der Waals surface area contributed by atoms with Crippen LogP contribution in [0.5, 0.6) is 0 Å². The first-order valence-electron chi connectivity index (χ1n) is 8.34. The van der Waals surface area contributed by atoms with Gasteiger partial charge in [-0.1, -0.05) is 48.0 Å². The van der Waals surface area contributed by atoms with E-state index in [4.69, 9.17) is 11.6 Å². The van der Waals surface area contributed by atoms with Crippen molar-refractivity contribution < 1.29 is 8.42 Å². The Balaban J connectivity index is 1.77. The number of benzene rings is 2. The lowest BCUT2D eigenvalue weighted by molar-refractivity contribution is 0.581. The number of thiophene rings is 1. The second kappa shape index (κ2) is 7.75. The molecule has 0 spiro atoms. The Labute approximate surface area is 171 Å². The van der Waals surface area contributed by atoms with Gasteiger partial charge in [-0.3, -0.25) is 0 Å². The predicted octanol–water partition coefficient (Wildman–Crippen LogP) is 4.51. The van der Waals surface area contributed by atoms with Crippen molar-refractivity contribution in [1.82, 2.24) is 14.2 Å². The van der Waals surface area contributed by atoms with E-state index in [2.05, 4.69) is 15.4 Å². The Morgan fingerprint density at radius 2 is 1.75 bits per heavy atom. The van der Waals surface area contributed by atoms with Crippen LogP contribution in [0.1, 0.15) is 4.88 Å². The summed E-state index contributed by atoms with van der Waals surface area (Å²) in [4.78, 5) is 5.57. The van der Waals surface area contributed by atoms with E-state index in [1.807, 2.05) is 47.8 Å². The zero-order valence-electron chi connectivity index (χ0n) is 14.5. The largest absolute Gasteiger partial charge is 0.349 e. The molecule has 0 bridgehead atoms. The standard InChI is InChI=1S/C19H15ClN4O2S2/c20-15-8-10-17(11-9-15)28(25,26)24-19(21-13-16-7-4-12-27-16)22-18(23-24)14-5-2-1-3-6-14/h1-12H,13H2,(H,21,22,23). The number of hydrogen-bond acceptors (Lipinski definition) is 6. The second-order valence-electron chi connectivity index (χ2n) is 5.86. The van der Waals surface area contributed by atoms with Crippen molar-refractivity contribution in [3.63, 3.8) is 0 Å². The van der Waals surface area contributed by atoms with Gasteiger partial charge in [0.2, 0.25) is 5.95 Å². The molecule has 28 heavy (non-hydrogen) atoms. The van der Waals surface area contributed by atoms with Gasteiger partial charge in [0.05, 0.1) is 11.4 Å². The third kappa shape index (κ3) is 3.80. The topological polar surface area (TPSA) is 76.9 Å². The zero-order valence-corrected chi connectivity index (χ0v) is 16.9. The van der Waals surface area contributed by atoms with Crippen molar-refractivity contribution in [3.05, 3.63) is 82.0 Å². The van der Waals surface area contributed by atoms with Crippen LogP contribution in [0, 0.1) is 0 Å². The van der Waals surface area contributed by atoms with Gasteiger partial charge in [-0.15, -0.1) is 20.5 Å². The van der Waals surface area contributed by atoms with E-state index in [-0.39, 0.29) is 10.8 Å². The van der Waals surface area contributed by atoms with Crippen LogP contribution >= 0.6 is 22.9 Å². The van der Waals surface area contributed by atoms with Crippen molar-refractivity contribution >= 4 is 38.9 Å². The smallest absolute Gasteiger partial charge is 0.286 e. The zero-order chi connectivity index (χ0) is 19.6. The maximum Gasteiger partial charge on any atom is 0.286 e. The fraction of sp³-hybridized carbons (Fsp3) is 0.0526. The molecule has 6 nitrogen and oxygen atoms in total. The SMILES string of the molecule is O=S(=O)(c1ccc(Cl)cc1)n1nc(-c2ccccc2)nc1NCc1cccs1. The Hall–Kier alpha value is -2.68. The highest BCUT2D eigenvalue weighted by molar-refractivity contribution is 7.90. The lowest BCUT2D eigenvalue weighted by Crippen LogP contribution is -2.18. The van der Waals surface area contributed by atoms with Gasteiger partial charge >= 0.3 is 0 Å². The average molecular weight is 431 g/mol. The summed E-state index contributed by atoms with van der Waals surface area (Å²) in [6, 6.07) is 19.1. The minimum Gasteiger partial charge on any atom is -0.349 e. The predicted molar refractivity (Wildman–Crippen MR) is 111 cm³/mol. The lowest BCUT2D eigenvalue weighted by atomic mass is 10.2. The highest BCUT2D eigenvalue weighted by Gasteiger charge is 2.24. The third-order valence-corrected chi connectivity index (χ3v) is 6.66. The Bertz CT molecular complexity index is 1170. The highest BCUT2D eigenvalue weighted by Crippen LogP contribution is 2.24. The van der Waals surface area contributed by atoms with Crippen LogP contribution in [0.4, 0.5) is 5.95 Å². The summed E-state index contributed by atoms with van der Waals surface area (Å²) in [7, 11) is -3.94. The van der Waals surface area contributed by atoms with Gasteiger partial charge in [-0.2, -0.15) is 13.4 Å². The van der Waals surface area contributed by atoms with Gasteiger partial charge < -0.3 is 5.32 Å². The number of rotatable bonds is 6. The first-order chi connectivity index (χ1) is 13.5. The summed E-state index contributed by atoms with van der Waals surface area (Å²) in [6.45, 7) is 0.445. The summed E-state index contributed by atoms with van der Waals surface area (Å²) >= 11 is 7.46. The van der Waals surface area contributed by atoms with Crippen molar-refractivity contribution in [1.29, 1.82) is 0 Å². The number of aromatic nitrogens is 3. The van der Waals surface area contributed by atoms with Crippen LogP contribution in [-0.4, -0.2) is 22.6 Å². The Morgan fingerprint density at radius 1 is 1.00 bits per heavy atom. The minimum absolute atomic E-state index is 0.0839. The fourth-order valence-corrected chi connectivity index (χ4v) is 4.54. The van der Waals surface area contributed by atoms with E-state index in [1.165, 1.54) is 24.3 Å². The summed E-state index contributed by atoms with van der Waals surface area (Å²) in [6.07, 6.45) is 0. The van der Waals surface area contributed by atoms with E-state index < -0.39 is 10.0 Å². The molecule has 142 valence electrons. The number of hydrogen-bond donors (Lipinski definition) is 1. The fourth-order valence-electron chi connectivity index (χ4n) is 2.57. The van der Waals surface area contributed by atoms with E-state index in [9.17, 15) is 8.42 Å². The monoisotopic (exact) mass is 430 g/mol. The first-order valence-corrected chi connectivity index (χ1v) is 11.0. The molecule has 0 saturated carbocycles. The van der Waals surface area contributed by atoms with Gasteiger partial charge in [0.15, 0.2) is 5.82 Å². The van der Waals surface area contributed by atoms with Crippen molar-refractivity contribution in [2.24, 2.45) is 0 Å². The molecule has 4 rings (SSSR count). The van der Waals surface area contributed by atoms with E-state index >= 15 is 0 Å². The molecule has 1 N–H and O–H groups in total. The van der Waals surface area contributed by atoms with E-state index in [1.54, 1.807) is 11.3 Å². The van der Waals surface area contributed by atoms with Crippen LogP contribution in [-0.2, 0) is 16.6 Å². The van der Waals surface area contributed by atoms with Crippen molar-refractivity contribution in [2.75, 3.05) is 5.32 Å². The van der Waals surface area contributed by atoms with Crippen LogP contribution in [0.15, 0.2) is 77.0 Å². The molecule has 9 heteroatoms. The second-order valence-corrected chi connectivity index (χ2v) is 9.10. The molecule has 0 amide bonds. The molecule has 2 aromatic carbocycles. The normalized spacial score (nSPS) is 11.5. The van der Waals surface area contributed by atoms with Crippen LogP contribution in [0.2, 0.25) is 5.02 Å². The third-order valence-electron chi connectivity index (χ3n) is 3.95. The van der Waals surface area contributed by atoms with Gasteiger partial charge in [-0.25, -0.2) is 0 Å². The quantitative estimate of drug-likeness (QED) is 0.487. The average Bonchev–Trinajstić information content (AvgIpc) is 3.37. The first kappa shape index (κ1) is 18.7. The number of nitrogens with zero attached hydrogens (tertiary/aromatic N) is 3. The Kier molecular flexibility index (Phi) is 5.17. The van der Waals surface area contributed by atoms with Crippen LogP contribution in [0.3, 0.4) is 0 Å². The molecule has 0 aliphatic carbocycles. The summed E-state index contributed by atoms with van der Waals surface area (Å²) < 4.78 is 27.2. The Morgan fingerprint density at radius 3 is 2.43 bits per heavy atom. The van der Waals surface area contributed by atoms with Gasteiger partial charge in [0.25, 0.3) is 10.0 Å². The van der Waals surface area contributed by atoms with Gasteiger partial charge in [0.1, 0.15) is 0 Å². The molecule has 0 fully saturated rings. The molecule has 0 saturated heterocycles. The summed E-state index contributed by atoms with van der Waals surface area (Å²) in [5, 5.41) is 9.78. The maximum absolute atomic E-state index is 13.2. The molecular weight excluding hydrogens is 416 g/mol. The molecular formula is C19H15ClN4O2S2. The van der Waals surface area contributed by atoms with E-state index in [0.29, 0.717) is 17.4 Å². The highest BCUT2D eigenvalue weighted by atomic mass is 35.5. The van der Waals surface area contributed by atoms with Crippen LogP contribution < -0.4 is 5.32 Å². The van der Waals surface area contributed by atoms with Gasteiger partial charge in [-0.05, 0) is 35.7 Å². The molecule has 2 aromatic heterocycles. The lowest BCUT2D eigenvalue weighted by Gasteiger charge is -2.08. The number of anilines is 1.